The molecule has 0 spiro atoms. The minimum absolute atomic E-state index is 0.0320. The molecule has 0 bridgehead atoms. The van der Waals surface area contributed by atoms with Crippen LogP contribution < -0.4 is 5.32 Å². The number of amides is 1. The molecule has 0 unspecified atom stereocenters. The zero-order valence-electron chi connectivity index (χ0n) is 8.21. The van der Waals surface area contributed by atoms with Gasteiger partial charge in [0.15, 0.2) is 0 Å². The quantitative estimate of drug-likeness (QED) is 0.665. The molecule has 0 saturated carbocycles. The van der Waals surface area contributed by atoms with Crippen molar-refractivity contribution < 1.29 is 9.90 Å². The van der Waals surface area contributed by atoms with E-state index in [-0.39, 0.29) is 18.1 Å². The zero-order chi connectivity index (χ0) is 11.4. The van der Waals surface area contributed by atoms with Gasteiger partial charge in [-0.15, -0.1) is 10.2 Å². The Morgan fingerprint density at radius 1 is 1.44 bits per heavy atom. The summed E-state index contributed by atoms with van der Waals surface area (Å²) in [6.07, 6.45) is 0. The van der Waals surface area contributed by atoms with E-state index < -0.39 is 5.91 Å². The number of aromatic nitrogens is 4. The van der Waals surface area contributed by atoms with Gasteiger partial charge in [0.1, 0.15) is 5.75 Å². The number of nitrogens with one attached hydrogen (secondary N) is 2. The number of aromatic amines is 1. The number of para-hydroxylation sites is 1. The Labute approximate surface area is 90.5 Å². The number of phenolic OH excluding ortho intramolecular Hbond substituents is 1. The molecule has 0 radical (unpaired) electrons. The average Bonchev–Trinajstić information content (AvgIpc) is 2.81. The van der Waals surface area contributed by atoms with Crippen molar-refractivity contribution in [2.75, 3.05) is 0 Å². The lowest BCUT2D eigenvalue weighted by molar-refractivity contribution is 0.0940. The molecule has 0 fully saturated rings. The minimum atomic E-state index is -0.447. The van der Waals surface area contributed by atoms with E-state index in [1.807, 2.05) is 0 Å². The average molecular weight is 219 g/mol. The first-order valence-corrected chi connectivity index (χ1v) is 4.56. The Balaban J connectivity index is 1.98. The van der Waals surface area contributed by atoms with Gasteiger partial charge < -0.3 is 10.4 Å². The maximum Gasteiger partial charge on any atom is 0.293 e. The van der Waals surface area contributed by atoms with Crippen molar-refractivity contribution in [3.8, 4) is 5.75 Å². The number of hydrogen-bond donors (Lipinski definition) is 3. The standard InChI is InChI=1S/C9H9N5O2/c15-7-4-2-1-3-6(7)5-10-9(16)8-11-13-14-12-8/h1-4,15H,5H2,(H,10,16)(H,11,12,13,14). The molecule has 0 aliphatic heterocycles. The molecule has 0 aliphatic carbocycles. The highest BCUT2D eigenvalue weighted by atomic mass is 16.3. The summed E-state index contributed by atoms with van der Waals surface area (Å²) in [5.74, 6) is -0.344. The summed E-state index contributed by atoms with van der Waals surface area (Å²) in [7, 11) is 0. The highest BCUT2D eigenvalue weighted by molar-refractivity contribution is 5.89. The summed E-state index contributed by atoms with van der Waals surface area (Å²) in [4.78, 5) is 11.4. The van der Waals surface area contributed by atoms with E-state index in [4.69, 9.17) is 0 Å². The second-order valence-electron chi connectivity index (χ2n) is 3.05. The van der Waals surface area contributed by atoms with E-state index in [2.05, 4.69) is 25.9 Å². The number of H-pyrrole nitrogens is 1. The van der Waals surface area contributed by atoms with Gasteiger partial charge in [-0.25, -0.2) is 0 Å². The van der Waals surface area contributed by atoms with Crippen molar-refractivity contribution in [3.05, 3.63) is 35.7 Å². The van der Waals surface area contributed by atoms with E-state index in [1.165, 1.54) is 0 Å². The molecule has 0 aliphatic rings. The number of tetrazole rings is 1. The number of hydrogen-bond acceptors (Lipinski definition) is 5. The molecular weight excluding hydrogens is 210 g/mol. The summed E-state index contributed by atoms with van der Waals surface area (Å²) in [5, 5.41) is 24.5. The van der Waals surface area contributed by atoms with Gasteiger partial charge in [0.2, 0.25) is 0 Å². The summed E-state index contributed by atoms with van der Waals surface area (Å²) in [5.41, 5.74) is 0.624. The molecule has 0 atom stereocenters. The third-order valence-corrected chi connectivity index (χ3v) is 1.98. The smallest absolute Gasteiger partial charge is 0.293 e. The predicted molar refractivity (Wildman–Crippen MR) is 53.5 cm³/mol. The van der Waals surface area contributed by atoms with E-state index in [9.17, 15) is 9.90 Å². The van der Waals surface area contributed by atoms with Crippen LogP contribution in [0.5, 0.6) is 5.75 Å². The number of carbonyl (C=O) groups excluding carboxylic acids is 1. The van der Waals surface area contributed by atoms with Crippen molar-refractivity contribution in [1.29, 1.82) is 0 Å². The molecule has 1 aromatic carbocycles. The molecule has 1 aromatic heterocycles. The lowest BCUT2D eigenvalue weighted by Gasteiger charge is -2.04. The van der Waals surface area contributed by atoms with Gasteiger partial charge in [0.25, 0.3) is 11.7 Å². The molecule has 82 valence electrons. The third-order valence-electron chi connectivity index (χ3n) is 1.98. The van der Waals surface area contributed by atoms with Crippen LogP contribution in [0.4, 0.5) is 0 Å². The number of rotatable bonds is 3. The van der Waals surface area contributed by atoms with Gasteiger partial charge in [-0.05, 0) is 11.3 Å². The molecule has 1 heterocycles. The number of benzene rings is 1. The van der Waals surface area contributed by atoms with E-state index >= 15 is 0 Å². The Morgan fingerprint density at radius 2 is 2.25 bits per heavy atom. The Morgan fingerprint density at radius 3 is 2.94 bits per heavy atom. The molecular formula is C9H9N5O2. The van der Waals surface area contributed by atoms with Crippen LogP contribution in [0.3, 0.4) is 0 Å². The summed E-state index contributed by atoms with van der Waals surface area (Å²) in [6.45, 7) is 0.208. The highest BCUT2D eigenvalue weighted by Gasteiger charge is 2.10. The van der Waals surface area contributed by atoms with Gasteiger partial charge in [0.05, 0.1) is 0 Å². The largest absolute Gasteiger partial charge is 0.508 e. The van der Waals surface area contributed by atoms with Crippen molar-refractivity contribution in [3.63, 3.8) is 0 Å². The second-order valence-corrected chi connectivity index (χ2v) is 3.05. The maximum absolute atomic E-state index is 11.4. The van der Waals surface area contributed by atoms with Crippen LogP contribution >= 0.6 is 0 Å². The highest BCUT2D eigenvalue weighted by Crippen LogP contribution is 2.14. The number of aromatic hydroxyl groups is 1. The molecule has 7 nitrogen and oxygen atoms in total. The third kappa shape index (κ3) is 2.14. The van der Waals surface area contributed by atoms with E-state index in [1.54, 1.807) is 24.3 Å². The van der Waals surface area contributed by atoms with Crippen LogP contribution in [-0.4, -0.2) is 31.6 Å². The van der Waals surface area contributed by atoms with Crippen molar-refractivity contribution >= 4 is 5.91 Å². The predicted octanol–water partition coefficient (Wildman–Crippen LogP) is -0.165. The first-order chi connectivity index (χ1) is 7.77. The molecule has 2 aromatic rings. The van der Waals surface area contributed by atoms with Crippen LogP contribution in [0.2, 0.25) is 0 Å². The minimum Gasteiger partial charge on any atom is -0.508 e. The number of nitrogens with zero attached hydrogens (tertiary/aromatic N) is 3. The fourth-order valence-corrected chi connectivity index (χ4v) is 1.17. The van der Waals surface area contributed by atoms with Gasteiger partial charge in [0, 0.05) is 12.1 Å². The maximum atomic E-state index is 11.4. The summed E-state index contributed by atoms with van der Waals surface area (Å²) < 4.78 is 0. The first-order valence-electron chi connectivity index (χ1n) is 4.56. The molecule has 2 rings (SSSR count). The lowest BCUT2D eigenvalue weighted by Crippen LogP contribution is -2.24. The Bertz CT molecular complexity index is 482. The zero-order valence-corrected chi connectivity index (χ0v) is 8.21. The van der Waals surface area contributed by atoms with Gasteiger partial charge in [-0.2, -0.15) is 5.21 Å². The molecule has 1 amide bonds. The van der Waals surface area contributed by atoms with E-state index in [0.29, 0.717) is 5.56 Å². The SMILES string of the molecule is O=C(NCc1ccccc1O)c1nn[nH]n1. The molecule has 3 N–H and O–H groups in total. The first kappa shape index (κ1) is 10.1. The number of phenols is 1. The van der Waals surface area contributed by atoms with Crippen LogP contribution in [0.1, 0.15) is 16.2 Å². The van der Waals surface area contributed by atoms with Gasteiger partial charge in [-0.1, -0.05) is 18.2 Å². The summed E-state index contributed by atoms with van der Waals surface area (Å²) in [6, 6.07) is 6.75. The topological polar surface area (TPSA) is 104 Å². The van der Waals surface area contributed by atoms with Crippen LogP contribution in [0, 0.1) is 0 Å². The van der Waals surface area contributed by atoms with E-state index in [0.717, 1.165) is 0 Å². The van der Waals surface area contributed by atoms with Crippen molar-refractivity contribution in [2.24, 2.45) is 0 Å². The fourth-order valence-electron chi connectivity index (χ4n) is 1.17. The Hall–Kier alpha value is -2.44. The fraction of sp³-hybridized carbons (Fsp3) is 0.111. The van der Waals surface area contributed by atoms with Crippen molar-refractivity contribution in [2.45, 2.75) is 6.54 Å². The number of carbonyl (C=O) groups is 1. The van der Waals surface area contributed by atoms with Crippen LogP contribution in [-0.2, 0) is 6.54 Å². The normalized spacial score (nSPS) is 10.0. The molecule has 16 heavy (non-hydrogen) atoms. The lowest BCUT2D eigenvalue weighted by atomic mass is 10.2. The second kappa shape index (κ2) is 4.39. The summed E-state index contributed by atoms with van der Waals surface area (Å²) >= 11 is 0. The van der Waals surface area contributed by atoms with Gasteiger partial charge >= 0.3 is 0 Å². The monoisotopic (exact) mass is 219 g/mol. The van der Waals surface area contributed by atoms with Crippen LogP contribution in [0.15, 0.2) is 24.3 Å². The van der Waals surface area contributed by atoms with Crippen molar-refractivity contribution in [1.82, 2.24) is 25.9 Å². The molecule has 0 saturated heterocycles. The Kier molecular flexibility index (Phi) is 2.77. The van der Waals surface area contributed by atoms with Gasteiger partial charge in [-0.3, -0.25) is 4.79 Å². The molecule has 7 heteroatoms. The van der Waals surface area contributed by atoms with Crippen LogP contribution in [0.25, 0.3) is 0 Å².